The van der Waals surface area contributed by atoms with Crippen molar-refractivity contribution < 1.29 is 18.7 Å². The van der Waals surface area contributed by atoms with Crippen LogP contribution in [0.2, 0.25) is 0 Å². The molecule has 0 N–H and O–H groups in total. The molecule has 5 heteroatoms. The summed E-state index contributed by atoms with van der Waals surface area (Å²) in [5.74, 6) is 2.77. The van der Waals surface area contributed by atoms with Gasteiger partial charge in [0.25, 0.3) is 0 Å². The number of rotatable bonds is 7. The molecule has 1 aromatic heterocycles. The molecule has 1 aliphatic carbocycles. The van der Waals surface area contributed by atoms with E-state index in [9.17, 15) is 4.79 Å². The lowest BCUT2D eigenvalue weighted by atomic mass is 9.89. The predicted molar refractivity (Wildman–Crippen MR) is 98.4 cm³/mol. The zero-order valence-corrected chi connectivity index (χ0v) is 15.6. The van der Waals surface area contributed by atoms with Crippen LogP contribution in [0.5, 0.6) is 5.75 Å². The minimum absolute atomic E-state index is 0.251. The van der Waals surface area contributed by atoms with Crippen molar-refractivity contribution in [2.75, 3.05) is 13.7 Å². The summed E-state index contributed by atoms with van der Waals surface area (Å²) in [6, 6.07) is 7.54. The van der Waals surface area contributed by atoms with Crippen molar-refractivity contribution in [3.8, 4) is 5.75 Å². The van der Waals surface area contributed by atoms with E-state index in [1.807, 2.05) is 31.2 Å². The van der Waals surface area contributed by atoms with Gasteiger partial charge in [0.05, 0.1) is 25.8 Å². The Hall–Kier alpha value is -2.30. The summed E-state index contributed by atoms with van der Waals surface area (Å²) in [5, 5.41) is 0. The van der Waals surface area contributed by atoms with E-state index >= 15 is 0 Å². The number of esters is 1. The summed E-state index contributed by atoms with van der Waals surface area (Å²) in [7, 11) is 1.39. The second kappa shape index (κ2) is 8.88. The Morgan fingerprint density at radius 3 is 2.85 bits per heavy atom. The van der Waals surface area contributed by atoms with Gasteiger partial charge in [0.15, 0.2) is 5.89 Å². The maximum atomic E-state index is 11.4. The summed E-state index contributed by atoms with van der Waals surface area (Å²) in [4.78, 5) is 16.1. The fourth-order valence-corrected chi connectivity index (χ4v) is 3.46. The second-order valence-corrected chi connectivity index (χ2v) is 6.89. The zero-order valence-electron chi connectivity index (χ0n) is 15.6. The van der Waals surface area contributed by atoms with Gasteiger partial charge in [-0.05, 0) is 37.5 Å². The number of methoxy groups -OCH3 is 1. The molecule has 0 radical (unpaired) electrons. The van der Waals surface area contributed by atoms with Crippen LogP contribution in [0.3, 0.4) is 0 Å². The normalized spacial score (nSPS) is 15.0. The summed E-state index contributed by atoms with van der Waals surface area (Å²) in [6.45, 7) is 2.50. The number of oxazole rings is 1. The molecule has 5 nitrogen and oxygen atoms in total. The fraction of sp³-hybridized carbons (Fsp3) is 0.524. The van der Waals surface area contributed by atoms with E-state index in [2.05, 4.69) is 0 Å². The van der Waals surface area contributed by atoms with Gasteiger partial charge in [-0.25, -0.2) is 4.98 Å². The van der Waals surface area contributed by atoms with Gasteiger partial charge in [0.2, 0.25) is 0 Å². The molecule has 1 fully saturated rings. The Morgan fingerprint density at radius 2 is 2.08 bits per heavy atom. The quantitative estimate of drug-likeness (QED) is 0.689. The first kappa shape index (κ1) is 18.5. The molecular weight excluding hydrogens is 330 g/mol. The van der Waals surface area contributed by atoms with E-state index in [1.54, 1.807) is 0 Å². The van der Waals surface area contributed by atoms with E-state index in [4.69, 9.17) is 18.9 Å². The molecule has 0 saturated heterocycles. The molecule has 1 aromatic carbocycles. The van der Waals surface area contributed by atoms with Crippen LogP contribution in [0.1, 0.15) is 60.9 Å². The molecule has 0 spiro atoms. The Kier molecular flexibility index (Phi) is 6.31. The molecule has 0 aliphatic heterocycles. The molecule has 0 unspecified atom stereocenters. The summed E-state index contributed by atoms with van der Waals surface area (Å²) < 4.78 is 16.5. The van der Waals surface area contributed by atoms with Crippen LogP contribution >= 0.6 is 0 Å². The molecular formula is C21H27NO4. The maximum Gasteiger partial charge on any atom is 0.309 e. The highest BCUT2D eigenvalue weighted by molar-refractivity contribution is 5.72. The van der Waals surface area contributed by atoms with Crippen molar-refractivity contribution in [2.24, 2.45) is 0 Å². The number of hydrogen-bond acceptors (Lipinski definition) is 5. The van der Waals surface area contributed by atoms with E-state index in [0.29, 0.717) is 18.9 Å². The van der Waals surface area contributed by atoms with Gasteiger partial charge in [0.1, 0.15) is 11.5 Å². The lowest BCUT2D eigenvalue weighted by Gasteiger charge is -2.17. The number of ether oxygens (including phenoxy) is 2. The first-order valence-corrected chi connectivity index (χ1v) is 9.40. The molecule has 0 bridgehead atoms. The van der Waals surface area contributed by atoms with Crippen molar-refractivity contribution >= 4 is 5.97 Å². The smallest absolute Gasteiger partial charge is 0.309 e. The van der Waals surface area contributed by atoms with E-state index in [-0.39, 0.29) is 12.4 Å². The van der Waals surface area contributed by atoms with Crippen LogP contribution in [0.15, 0.2) is 28.7 Å². The van der Waals surface area contributed by atoms with Gasteiger partial charge in [-0.15, -0.1) is 0 Å². The van der Waals surface area contributed by atoms with Crippen molar-refractivity contribution in [1.29, 1.82) is 0 Å². The number of nitrogens with zero attached hydrogens (tertiary/aromatic N) is 1. The number of benzene rings is 1. The van der Waals surface area contributed by atoms with Crippen LogP contribution in [0, 0.1) is 6.92 Å². The SMILES string of the molecule is COC(=O)Cc1cccc(OCCc2nc(C3CCCCC3)oc2C)c1. The number of carbonyl (C=O) groups excluding carboxylic acids is 1. The Balaban J connectivity index is 1.54. The molecule has 1 saturated carbocycles. The van der Waals surface area contributed by atoms with Gasteiger partial charge >= 0.3 is 5.97 Å². The van der Waals surface area contributed by atoms with Crippen LogP contribution in [-0.2, 0) is 22.4 Å². The highest BCUT2D eigenvalue weighted by Crippen LogP contribution is 2.33. The first-order chi connectivity index (χ1) is 12.7. The van der Waals surface area contributed by atoms with Crippen molar-refractivity contribution in [3.05, 3.63) is 47.2 Å². The maximum absolute atomic E-state index is 11.4. The van der Waals surface area contributed by atoms with Crippen molar-refractivity contribution in [1.82, 2.24) is 4.98 Å². The van der Waals surface area contributed by atoms with Crippen molar-refractivity contribution in [3.63, 3.8) is 0 Å². The number of aryl methyl sites for hydroxylation is 1. The third kappa shape index (κ3) is 4.87. The van der Waals surface area contributed by atoms with Crippen LogP contribution in [-0.4, -0.2) is 24.7 Å². The number of aromatic nitrogens is 1. The van der Waals surface area contributed by atoms with Crippen molar-refractivity contribution in [2.45, 2.75) is 57.8 Å². The average molecular weight is 357 g/mol. The molecule has 3 rings (SSSR count). The summed E-state index contributed by atoms with van der Waals surface area (Å²) in [6.07, 6.45) is 7.20. The Bertz CT molecular complexity index is 731. The lowest BCUT2D eigenvalue weighted by Crippen LogP contribution is -2.07. The van der Waals surface area contributed by atoms with Gasteiger partial charge < -0.3 is 13.9 Å². The molecule has 140 valence electrons. The first-order valence-electron chi connectivity index (χ1n) is 9.40. The molecule has 2 aromatic rings. The zero-order chi connectivity index (χ0) is 18.4. The minimum Gasteiger partial charge on any atom is -0.493 e. The minimum atomic E-state index is -0.254. The number of carbonyl (C=O) groups is 1. The van der Waals surface area contributed by atoms with Gasteiger partial charge in [-0.1, -0.05) is 31.4 Å². The molecule has 1 aliphatic rings. The third-order valence-corrected chi connectivity index (χ3v) is 4.95. The Labute approximate surface area is 154 Å². The highest BCUT2D eigenvalue weighted by Gasteiger charge is 2.21. The predicted octanol–water partition coefficient (Wildman–Crippen LogP) is 4.37. The fourth-order valence-electron chi connectivity index (χ4n) is 3.46. The second-order valence-electron chi connectivity index (χ2n) is 6.89. The van der Waals surface area contributed by atoms with E-state index in [1.165, 1.54) is 39.2 Å². The summed E-state index contributed by atoms with van der Waals surface area (Å²) >= 11 is 0. The van der Waals surface area contributed by atoms with Gasteiger partial charge in [0, 0.05) is 12.3 Å². The molecule has 0 amide bonds. The highest BCUT2D eigenvalue weighted by atomic mass is 16.5. The third-order valence-electron chi connectivity index (χ3n) is 4.95. The van der Waals surface area contributed by atoms with Crippen LogP contribution in [0.4, 0.5) is 0 Å². The lowest BCUT2D eigenvalue weighted by molar-refractivity contribution is -0.139. The topological polar surface area (TPSA) is 61.6 Å². The molecule has 0 atom stereocenters. The standard InChI is InChI=1S/C21H27NO4/c1-15-19(22-21(26-15)17-8-4-3-5-9-17)11-12-25-18-10-6-7-16(13-18)14-20(23)24-2/h6-7,10,13,17H,3-5,8-9,11-12,14H2,1-2H3. The van der Waals surface area contributed by atoms with Crippen LogP contribution < -0.4 is 4.74 Å². The van der Waals surface area contributed by atoms with Gasteiger partial charge in [-0.3, -0.25) is 4.79 Å². The Morgan fingerprint density at radius 1 is 1.27 bits per heavy atom. The van der Waals surface area contributed by atoms with E-state index < -0.39 is 0 Å². The average Bonchev–Trinajstić information content (AvgIpc) is 3.03. The van der Waals surface area contributed by atoms with Gasteiger partial charge in [-0.2, -0.15) is 0 Å². The molecule has 26 heavy (non-hydrogen) atoms. The van der Waals surface area contributed by atoms with Crippen LogP contribution in [0.25, 0.3) is 0 Å². The largest absolute Gasteiger partial charge is 0.493 e. The summed E-state index contributed by atoms with van der Waals surface area (Å²) in [5.41, 5.74) is 1.86. The number of hydrogen-bond donors (Lipinski definition) is 0. The molecule has 1 heterocycles. The monoisotopic (exact) mass is 357 g/mol. The van der Waals surface area contributed by atoms with E-state index in [0.717, 1.165) is 28.7 Å².